The number of rotatable bonds is 1. The summed E-state index contributed by atoms with van der Waals surface area (Å²) < 4.78 is 1.93. The van der Waals surface area contributed by atoms with Crippen molar-refractivity contribution in [3.8, 4) is 0 Å². The van der Waals surface area contributed by atoms with Crippen molar-refractivity contribution in [3.63, 3.8) is 0 Å². The summed E-state index contributed by atoms with van der Waals surface area (Å²) in [6.07, 6.45) is 1.71. The molecule has 5 nitrogen and oxygen atoms in total. The maximum Gasteiger partial charge on any atom is 0.257 e. The van der Waals surface area contributed by atoms with Gasteiger partial charge in [0, 0.05) is 30.9 Å². The first-order chi connectivity index (χ1) is 9.20. The molecule has 2 atom stereocenters. The number of amides is 1. The third-order valence-electron chi connectivity index (χ3n) is 3.72. The van der Waals surface area contributed by atoms with Crippen LogP contribution in [0.5, 0.6) is 0 Å². The van der Waals surface area contributed by atoms with Crippen LogP contribution in [-0.4, -0.2) is 45.8 Å². The predicted octanol–water partition coefficient (Wildman–Crippen LogP) is 1.77. The Labute approximate surface area is 121 Å². The molecule has 1 amide bonds. The molecule has 2 rings (SSSR count). The van der Waals surface area contributed by atoms with Crippen LogP contribution in [0.4, 0.5) is 0 Å². The van der Waals surface area contributed by atoms with Gasteiger partial charge in [-0.1, -0.05) is 0 Å². The number of nitrogens with one attached hydrogen (secondary N) is 1. The van der Waals surface area contributed by atoms with Crippen molar-refractivity contribution in [3.05, 3.63) is 17.5 Å². The van der Waals surface area contributed by atoms with E-state index in [-0.39, 0.29) is 11.4 Å². The summed E-state index contributed by atoms with van der Waals surface area (Å²) in [4.78, 5) is 14.6. The lowest BCUT2D eigenvalue weighted by Crippen LogP contribution is -2.55. The van der Waals surface area contributed by atoms with Crippen LogP contribution in [0.25, 0.3) is 0 Å². The van der Waals surface area contributed by atoms with Gasteiger partial charge in [-0.05, 0) is 41.5 Å². The van der Waals surface area contributed by atoms with Crippen molar-refractivity contribution >= 4 is 5.91 Å². The van der Waals surface area contributed by atoms with Gasteiger partial charge in [0.1, 0.15) is 0 Å². The zero-order valence-electron chi connectivity index (χ0n) is 13.4. The molecule has 0 saturated carbocycles. The van der Waals surface area contributed by atoms with Crippen molar-refractivity contribution in [1.82, 2.24) is 20.0 Å². The number of hydrogen-bond donors (Lipinski definition) is 1. The van der Waals surface area contributed by atoms with E-state index in [4.69, 9.17) is 0 Å². The van der Waals surface area contributed by atoms with Crippen molar-refractivity contribution < 1.29 is 4.79 Å². The Morgan fingerprint density at radius 3 is 2.30 bits per heavy atom. The van der Waals surface area contributed by atoms with Crippen molar-refractivity contribution in [2.75, 3.05) is 13.1 Å². The molecule has 0 aliphatic carbocycles. The molecule has 0 spiro atoms. The second kappa shape index (κ2) is 5.20. The van der Waals surface area contributed by atoms with E-state index in [1.807, 2.05) is 16.5 Å². The van der Waals surface area contributed by atoms with Crippen molar-refractivity contribution in [2.24, 2.45) is 0 Å². The zero-order chi connectivity index (χ0) is 15.1. The molecule has 1 aromatic heterocycles. The molecule has 112 valence electrons. The first-order valence-electron chi connectivity index (χ1n) is 7.30. The topological polar surface area (TPSA) is 50.2 Å². The zero-order valence-corrected chi connectivity index (χ0v) is 13.4. The van der Waals surface area contributed by atoms with Gasteiger partial charge in [-0.3, -0.25) is 9.48 Å². The monoisotopic (exact) mass is 278 g/mol. The Hall–Kier alpha value is -1.36. The first-order valence-corrected chi connectivity index (χ1v) is 7.30. The standard InChI is InChI=1S/C15H26N4O/c1-10-8-18(9-11(2)17-10)14(20)13-7-16-19(12(13)3)15(4,5)6/h7,10-11,17H,8-9H2,1-6H3/t10-,11+. The highest BCUT2D eigenvalue weighted by atomic mass is 16.2. The van der Waals surface area contributed by atoms with Crippen LogP contribution < -0.4 is 5.32 Å². The van der Waals surface area contributed by atoms with Crippen LogP contribution in [-0.2, 0) is 5.54 Å². The molecule has 1 saturated heterocycles. The molecule has 1 aliphatic rings. The molecule has 0 bridgehead atoms. The molecule has 1 aromatic rings. The van der Waals surface area contributed by atoms with Gasteiger partial charge < -0.3 is 10.2 Å². The molecule has 1 aliphatic heterocycles. The second-order valence-corrected chi connectivity index (χ2v) is 6.91. The molecule has 0 radical (unpaired) electrons. The lowest BCUT2D eigenvalue weighted by Gasteiger charge is -2.36. The van der Waals surface area contributed by atoms with Crippen LogP contribution >= 0.6 is 0 Å². The lowest BCUT2D eigenvalue weighted by molar-refractivity contribution is 0.0672. The van der Waals surface area contributed by atoms with Crippen molar-refractivity contribution in [1.29, 1.82) is 0 Å². The molecule has 2 heterocycles. The summed E-state index contributed by atoms with van der Waals surface area (Å²) in [5.74, 6) is 0.0956. The largest absolute Gasteiger partial charge is 0.335 e. The van der Waals surface area contributed by atoms with Gasteiger partial charge >= 0.3 is 0 Å². The summed E-state index contributed by atoms with van der Waals surface area (Å²) in [6.45, 7) is 14.0. The molecule has 5 heteroatoms. The number of hydrogen-bond acceptors (Lipinski definition) is 3. The summed E-state index contributed by atoms with van der Waals surface area (Å²) in [5, 5.41) is 7.84. The summed E-state index contributed by atoms with van der Waals surface area (Å²) in [6, 6.07) is 0.668. The average molecular weight is 278 g/mol. The van der Waals surface area contributed by atoms with E-state index in [9.17, 15) is 4.79 Å². The first kappa shape index (κ1) is 15.0. The fourth-order valence-corrected chi connectivity index (χ4v) is 2.96. The highest BCUT2D eigenvalue weighted by Crippen LogP contribution is 2.20. The molecular weight excluding hydrogens is 252 g/mol. The van der Waals surface area contributed by atoms with Crippen molar-refractivity contribution in [2.45, 2.75) is 59.2 Å². The third-order valence-corrected chi connectivity index (χ3v) is 3.72. The van der Waals surface area contributed by atoms with Gasteiger partial charge in [-0.25, -0.2) is 0 Å². The Bertz CT molecular complexity index is 490. The highest BCUT2D eigenvalue weighted by molar-refractivity contribution is 5.95. The van der Waals surface area contributed by atoms with Gasteiger partial charge in [0.15, 0.2) is 0 Å². The third kappa shape index (κ3) is 2.87. The minimum Gasteiger partial charge on any atom is -0.335 e. The number of piperazine rings is 1. The molecule has 0 unspecified atom stereocenters. The Balaban J connectivity index is 2.24. The second-order valence-electron chi connectivity index (χ2n) is 6.91. The number of aromatic nitrogens is 2. The summed E-state index contributed by atoms with van der Waals surface area (Å²) in [7, 11) is 0. The van der Waals surface area contributed by atoms with E-state index < -0.39 is 0 Å². The Morgan fingerprint density at radius 1 is 1.30 bits per heavy atom. The maximum absolute atomic E-state index is 12.7. The number of carbonyl (C=O) groups excluding carboxylic acids is 1. The van der Waals surface area contributed by atoms with Crippen LogP contribution in [0.1, 0.15) is 50.7 Å². The summed E-state index contributed by atoms with van der Waals surface area (Å²) in [5.41, 5.74) is 1.56. The van der Waals surface area contributed by atoms with Gasteiger partial charge in [-0.15, -0.1) is 0 Å². The SMILES string of the molecule is Cc1c(C(=O)N2C[C@@H](C)N[C@@H](C)C2)cnn1C(C)(C)C. The van der Waals surface area contributed by atoms with E-state index in [2.05, 4.69) is 45.0 Å². The lowest BCUT2D eigenvalue weighted by atomic mass is 10.1. The Morgan fingerprint density at radius 2 is 1.85 bits per heavy atom. The minimum absolute atomic E-state index is 0.0956. The highest BCUT2D eigenvalue weighted by Gasteiger charge is 2.29. The van der Waals surface area contributed by atoms with Crippen LogP contribution in [0, 0.1) is 6.92 Å². The average Bonchev–Trinajstić information content (AvgIpc) is 2.68. The van der Waals surface area contributed by atoms with E-state index >= 15 is 0 Å². The molecule has 0 aromatic carbocycles. The molecular formula is C15H26N4O. The number of nitrogens with zero attached hydrogens (tertiary/aromatic N) is 3. The van der Waals surface area contributed by atoms with Crippen LogP contribution in [0.15, 0.2) is 6.20 Å². The predicted molar refractivity (Wildman–Crippen MR) is 79.9 cm³/mol. The van der Waals surface area contributed by atoms with Crippen LogP contribution in [0.2, 0.25) is 0 Å². The Kier molecular flexibility index (Phi) is 3.91. The fraction of sp³-hybridized carbons (Fsp3) is 0.733. The quantitative estimate of drug-likeness (QED) is 0.852. The normalized spacial score (nSPS) is 24.0. The van der Waals surface area contributed by atoms with Gasteiger partial charge in [-0.2, -0.15) is 5.10 Å². The smallest absolute Gasteiger partial charge is 0.257 e. The van der Waals surface area contributed by atoms with E-state index in [1.54, 1.807) is 6.20 Å². The van der Waals surface area contributed by atoms with Gasteiger partial charge in [0.25, 0.3) is 5.91 Å². The summed E-state index contributed by atoms with van der Waals surface area (Å²) >= 11 is 0. The number of carbonyl (C=O) groups is 1. The maximum atomic E-state index is 12.7. The van der Waals surface area contributed by atoms with Gasteiger partial charge in [0.05, 0.1) is 17.3 Å². The minimum atomic E-state index is -0.105. The molecule has 1 fully saturated rings. The van der Waals surface area contributed by atoms with E-state index in [0.29, 0.717) is 12.1 Å². The molecule has 20 heavy (non-hydrogen) atoms. The molecule has 1 N–H and O–H groups in total. The van der Waals surface area contributed by atoms with E-state index in [0.717, 1.165) is 24.3 Å². The van der Waals surface area contributed by atoms with Gasteiger partial charge in [0.2, 0.25) is 0 Å². The fourth-order valence-electron chi connectivity index (χ4n) is 2.96. The van der Waals surface area contributed by atoms with E-state index in [1.165, 1.54) is 0 Å². The van der Waals surface area contributed by atoms with Crippen LogP contribution in [0.3, 0.4) is 0 Å².